The third kappa shape index (κ3) is 5.06. The molecule has 2 aromatic heterocycles. The summed E-state index contributed by atoms with van der Waals surface area (Å²) in [6.45, 7) is 17.7. The van der Waals surface area contributed by atoms with Crippen molar-refractivity contribution in [1.82, 2.24) is 24.6 Å². The molecule has 0 radical (unpaired) electrons. The van der Waals surface area contributed by atoms with Crippen LogP contribution < -0.4 is 15.4 Å². The van der Waals surface area contributed by atoms with E-state index in [9.17, 15) is 9.59 Å². The molecule has 1 aliphatic heterocycles. The number of hydrogen-bond donors (Lipinski definition) is 2. The quantitative estimate of drug-likeness (QED) is 0.512. The van der Waals surface area contributed by atoms with Gasteiger partial charge < -0.3 is 19.4 Å². The predicted octanol–water partition coefficient (Wildman–Crippen LogP) is 4.21. The third-order valence-corrected chi connectivity index (χ3v) is 5.47. The molecule has 1 aliphatic rings. The van der Waals surface area contributed by atoms with Gasteiger partial charge in [0, 0.05) is 13.1 Å². The van der Waals surface area contributed by atoms with E-state index in [2.05, 4.69) is 25.6 Å². The highest BCUT2D eigenvalue weighted by atomic mass is 16.6. The molecule has 11 heteroatoms. The Hall–Kier alpha value is -4.07. The molecule has 2 N–H and O–H groups in total. The monoisotopic (exact) mass is 479 g/mol. The van der Waals surface area contributed by atoms with E-state index in [-0.39, 0.29) is 11.9 Å². The van der Waals surface area contributed by atoms with Crippen LogP contribution in [-0.2, 0) is 11.3 Å². The fourth-order valence-corrected chi connectivity index (χ4v) is 4.06. The smallest absolute Gasteiger partial charge is 0.407 e. The Labute approximate surface area is 203 Å². The Morgan fingerprint density at radius 1 is 1.31 bits per heavy atom. The number of amides is 2. The van der Waals surface area contributed by atoms with E-state index in [1.54, 1.807) is 43.7 Å². The Balaban J connectivity index is 1.63. The first-order valence-corrected chi connectivity index (χ1v) is 11.5. The summed E-state index contributed by atoms with van der Waals surface area (Å²) in [5.74, 6) is 0.552. The molecule has 0 saturated carbocycles. The van der Waals surface area contributed by atoms with Gasteiger partial charge in [0.25, 0.3) is 5.91 Å². The summed E-state index contributed by atoms with van der Waals surface area (Å²) in [5.41, 5.74) is 2.24. The minimum atomic E-state index is -0.588. The maximum Gasteiger partial charge on any atom is 0.407 e. The number of ether oxygens (including phenoxy) is 2. The van der Waals surface area contributed by atoms with Crippen LogP contribution in [0.1, 0.15) is 56.3 Å². The number of carbonyl (C=O) groups is 2. The van der Waals surface area contributed by atoms with Crippen molar-refractivity contribution >= 4 is 34.7 Å². The van der Waals surface area contributed by atoms with E-state index in [0.717, 1.165) is 5.69 Å². The minimum absolute atomic E-state index is 0.214. The lowest BCUT2D eigenvalue weighted by atomic mass is 10.1. The summed E-state index contributed by atoms with van der Waals surface area (Å²) in [7, 11) is 0. The maximum absolute atomic E-state index is 13.1. The molecule has 3 aromatic rings. The van der Waals surface area contributed by atoms with Gasteiger partial charge in [0.1, 0.15) is 29.2 Å². The molecule has 184 valence electrons. The molecule has 0 aliphatic carbocycles. The average molecular weight is 480 g/mol. The van der Waals surface area contributed by atoms with E-state index in [1.165, 1.54) is 0 Å². The average Bonchev–Trinajstić information content (AvgIpc) is 3.35. The number of aryl methyl sites for hydroxylation is 2. The number of carbonyl (C=O) groups excluding carboxylic acids is 2. The first-order valence-electron chi connectivity index (χ1n) is 11.5. The van der Waals surface area contributed by atoms with Gasteiger partial charge in [-0.2, -0.15) is 5.10 Å². The van der Waals surface area contributed by atoms with Crippen molar-refractivity contribution in [2.75, 3.05) is 18.5 Å². The second-order valence-corrected chi connectivity index (χ2v) is 9.35. The number of alkyl carbamates (subject to hydrolysis) is 1. The van der Waals surface area contributed by atoms with Crippen molar-refractivity contribution in [1.29, 1.82) is 0 Å². The Morgan fingerprint density at radius 2 is 2.09 bits per heavy atom. The topological polar surface area (TPSA) is 117 Å². The molecule has 0 spiro atoms. The van der Waals surface area contributed by atoms with Crippen molar-refractivity contribution in [3.8, 4) is 5.75 Å². The Morgan fingerprint density at radius 3 is 2.77 bits per heavy atom. The number of imidazole rings is 1. The van der Waals surface area contributed by atoms with E-state index < -0.39 is 11.7 Å². The van der Waals surface area contributed by atoms with Crippen molar-refractivity contribution in [2.45, 2.75) is 59.2 Å². The van der Waals surface area contributed by atoms with Crippen LogP contribution >= 0.6 is 0 Å². The highest BCUT2D eigenvalue weighted by Gasteiger charge is 2.29. The van der Waals surface area contributed by atoms with Crippen LogP contribution in [0.25, 0.3) is 15.9 Å². The number of nitrogens with zero attached hydrogens (tertiary/aromatic N) is 5. The normalized spacial score (nSPS) is 14.8. The summed E-state index contributed by atoms with van der Waals surface area (Å²) < 4.78 is 14.8. The van der Waals surface area contributed by atoms with E-state index in [4.69, 9.17) is 16.0 Å². The fourth-order valence-electron chi connectivity index (χ4n) is 4.06. The van der Waals surface area contributed by atoms with E-state index in [1.807, 2.05) is 18.4 Å². The molecule has 0 fully saturated rings. The molecular formula is C24H29N7O4. The van der Waals surface area contributed by atoms with Gasteiger partial charge in [0.15, 0.2) is 5.69 Å². The summed E-state index contributed by atoms with van der Waals surface area (Å²) >= 11 is 0. The van der Waals surface area contributed by atoms with Gasteiger partial charge in [-0.15, -0.1) is 0 Å². The summed E-state index contributed by atoms with van der Waals surface area (Å²) in [4.78, 5) is 33.3. The number of rotatable bonds is 6. The first-order chi connectivity index (χ1) is 16.6. The van der Waals surface area contributed by atoms with Gasteiger partial charge in [0.2, 0.25) is 5.95 Å². The predicted molar refractivity (Wildman–Crippen MR) is 130 cm³/mol. The van der Waals surface area contributed by atoms with Crippen LogP contribution in [0.15, 0.2) is 18.2 Å². The number of benzene rings is 1. The zero-order valence-corrected chi connectivity index (χ0v) is 20.5. The number of hydrogen-bond acceptors (Lipinski definition) is 6. The lowest BCUT2D eigenvalue weighted by molar-refractivity contribution is 0.0523. The molecule has 0 saturated heterocycles. The van der Waals surface area contributed by atoms with Crippen LogP contribution in [0.5, 0.6) is 5.75 Å². The van der Waals surface area contributed by atoms with E-state index >= 15 is 0 Å². The summed E-state index contributed by atoms with van der Waals surface area (Å²) in [6.07, 6.45) is 0.0210. The minimum Gasteiger partial charge on any atom is -0.490 e. The van der Waals surface area contributed by atoms with Gasteiger partial charge in [-0.1, -0.05) is 0 Å². The van der Waals surface area contributed by atoms with Crippen LogP contribution in [0.3, 0.4) is 0 Å². The number of anilines is 1. The molecule has 0 bridgehead atoms. The van der Waals surface area contributed by atoms with Crippen LogP contribution in [0, 0.1) is 13.5 Å². The lowest BCUT2D eigenvalue weighted by Crippen LogP contribution is -2.35. The summed E-state index contributed by atoms with van der Waals surface area (Å²) in [5, 5.41) is 10.0. The van der Waals surface area contributed by atoms with Gasteiger partial charge in [-0.25, -0.2) is 14.6 Å². The van der Waals surface area contributed by atoms with Crippen molar-refractivity contribution in [2.24, 2.45) is 0 Å². The van der Waals surface area contributed by atoms with Crippen LogP contribution in [0.4, 0.5) is 16.4 Å². The summed E-state index contributed by atoms with van der Waals surface area (Å²) in [6, 6.07) is 4.85. The molecule has 3 heterocycles. The molecule has 4 rings (SSSR count). The number of nitrogens with one attached hydrogen (secondary N) is 2. The Bertz CT molecular complexity index is 1330. The molecule has 35 heavy (non-hydrogen) atoms. The molecule has 11 nitrogen and oxygen atoms in total. The lowest BCUT2D eigenvalue weighted by Gasteiger charge is -2.27. The molecule has 1 atom stereocenters. The zero-order chi connectivity index (χ0) is 25.3. The Kier molecular flexibility index (Phi) is 6.39. The number of aromatic nitrogens is 4. The second kappa shape index (κ2) is 9.29. The molecule has 0 unspecified atom stereocenters. The fraction of sp³-hybridized carbons (Fsp3) is 0.458. The van der Waals surface area contributed by atoms with Crippen LogP contribution in [0.2, 0.25) is 0 Å². The second-order valence-electron chi connectivity index (χ2n) is 9.35. The van der Waals surface area contributed by atoms with Crippen molar-refractivity contribution in [3.63, 3.8) is 0 Å². The largest absolute Gasteiger partial charge is 0.490 e. The highest BCUT2D eigenvalue weighted by Crippen LogP contribution is 2.40. The van der Waals surface area contributed by atoms with Gasteiger partial charge in [-0.05, 0) is 59.2 Å². The highest BCUT2D eigenvalue weighted by molar-refractivity contribution is 6.03. The third-order valence-electron chi connectivity index (χ3n) is 5.47. The van der Waals surface area contributed by atoms with Gasteiger partial charge >= 0.3 is 6.09 Å². The SMILES string of the molecule is [C-]#[N+]c1cc2c3c(c1)nc(NC(=O)c1cc(C)nn1CC)n3[C@@H](CCNC(=O)OC(C)(C)C)CO2. The van der Waals surface area contributed by atoms with Crippen molar-refractivity contribution < 1.29 is 19.1 Å². The maximum atomic E-state index is 13.1. The molecule has 2 amide bonds. The van der Waals surface area contributed by atoms with Crippen molar-refractivity contribution in [3.05, 3.63) is 41.0 Å². The molecule has 1 aromatic carbocycles. The first kappa shape index (κ1) is 24.1. The zero-order valence-electron chi connectivity index (χ0n) is 20.5. The van der Waals surface area contributed by atoms with Gasteiger partial charge in [0.05, 0.1) is 23.8 Å². The standard InChI is InChI=1S/C24H29N7O4/c1-7-30-18(10-14(2)29-30)21(32)28-22-27-17-11-15(25-6)12-19-20(17)31(22)16(13-34-19)8-9-26-23(33)35-24(3,4)5/h10-12,16H,7-9,13H2,1-5H3,(H,26,33)(H,27,28,32)/t16-/m0/s1. The van der Waals surface area contributed by atoms with Crippen LogP contribution in [-0.4, -0.2) is 50.1 Å². The van der Waals surface area contributed by atoms with E-state index in [0.29, 0.717) is 60.2 Å². The molecular weight excluding hydrogens is 450 g/mol. The van der Waals surface area contributed by atoms with Gasteiger partial charge in [-0.3, -0.25) is 14.8 Å².